The summed E-state index contributed by atoms with van der Waals surface area (Å²) >= 11 is 1.60. The van der Waals surface area contributed by atoms with Crippen molar-refractivity contribution in [3.8, 4) is 6.07 Å². The minimum Gasteiger partial charge on any atom is -0.393 e. The fourth-order valence-electron chi connectivity index (χ4n) is 1.53. The largest absolute Gasteiger partial charge is 0.393 e. The van der Waals surface area contributed by atoms with Gasteiger partial charge in [0.2, 0.25) is 0 Å². The monoisotopic (exact) mass is 208 g/mol. The van der Waals surface area contributed by atoms with Gasteiger partial charge in [-0.25, -0.2) is 0 Å². The second-order valence-corrected chi connectivity index (χ2v) is 4.61. The smallest absolute Gasteiger partial charge is 0.100 e. The molecule has 74 valence electrons. The first-order valence-corrected chi connectivity index (χ1v) is 5.55. The molecular formula is C10H12N2OS. The Bertz CT molecular complexity index is 349. The van der Waals surface area contributed by atoms with E-state index in [0.29, 0.717) is 6.04 Å². The summed E-state index contributed by atoms with van der Waals surface area (Å²) in [5, 5.41) is 22.9. The Kier molecular flexibility index (Phi) is 2.82. The van der Waals surface area contributed by atoms with Gasteiger partial charge in [0, 0.05) is 22.8 Å². The van der Waals surface area contributed by atoms with Crippen LogP contribution in [0.5, 0.6) is 0 Å². The van der Waals surface area contributed by atoms with Crippen LogP contribution in [-0.2, 0) is 6.54 Å². The van der Waals surface area contributed by atoms with Crippen LogP contribution >= 0.6 is 11.3 Å². The number of rotatable bonds is 3. The summed E-state index contributed by atoms with van der Waals surface area (Å²) in [7, 11) is 0. The van der Waals surface area contributed by atoms with Gasteiger partial charge in [-0.3, -0.25) is 0 Å². The molecule has 0 aliphatic heterocycles. The lowest BCUT2D eigenvalue weighted by Crippen LogP contribution is -2.43. The first-order chi connectivity index (χ1) is 6.78. The minimum absolute atomic E-state index is 0.106. The average Bonchev–Trinajstić information content (AvgIpc) is 2.58. The number of nitrogens with zero attached hydrogens (tertiary/aromatic N) is 1. The molecule has 0 saturated heterocycles. The molecular weight excluding hydrogens is 196 g/mol. The van der Waals surface area contributed by atoms with Crippen molar-refractivity contribution in [2.75, 3.05) is 0 Å². The van der Waals surface area contributed by atoms with Gasteiger partial charge in [-0.1, -0.05) is 0 Å². The molecule has 0 spiro atoms. The first-order valence-electron chi connectivity index (χ1n) is 4.67. The fourth-order valence-corrected chi connectivity index (χ4v) is 2.29. The Balaban J connectivity index is 1.78. The van der Waals surface area contributed by atoms with Gasteiger partial charge in [0.15, 0.2) is 0 Å². The van der Waals surface area contributed by atoms with Crippen molar-refractivity contribution < 1.29 is 5.11 Å². The normalized spacial score (nSPS) is 25.4. The maximum absolute atomic E-state index is 9.08. The Morgan fingerprint density at radius 1 is 1.64 bits per heavy atom. The molecule has 1 aromatic rings. The summed E-state index contributed by atoms with van der Waals surface area (Å²) in [6.45, 7) is 0.809. The van der Waals surface area contributed by atoms with Crippen LogP contribution < -0.4 is 5.32 Å². The maximum atomic E-state index is 9.08. The summed E-state index contributed by atoms with van der Waals surface area (Å²) in [5.74, 6) is 0. The number of aliphatic hydroxyl groups is 1. The molecule has 1 fully saturated rings. The lowest BCUT2D eigenvalue weighted by molar-refractivity contribution is 0.0620. The molecule has 1 heterocycles. The molecule has 1 aliphatic carbocycles. The van der Waals surface area contributed by atoms with Gasteiger partial charge in [-0.05, 0) is 18.9 Å². The van der Waals surface area contributed by atoms with E-state index < -0.39 is 0 Å². The number of nitrogens with one attached hydrogen (secondary N) is 1. The quantitative estimate of drug-likeness (QED) is 0.785. The number of thiophene rings is 1. The highest BCUT2D eigenvalue weighted by molar-refractivity contribution is 7.10. The van der Waals surface area contributed by atoms with Crippen LogP contribution in [0.3, 0.4) is 0 Å². The molecule has 2 rings (SSSR count). The predicted octanol–water partition coefficient (Wildman–Crippen LogP) is 1.23. The molecule has 0 bridgehead atoms. The third kappa shape index (κ3) is 2.13. The molecule has 0 amide bonds. The van der Waals surface area contributed by atoms with Gasteiger partial charge in [0.05, 0.1) is 11.7 Å². The zero-order chi connectivity index (χ0) is 9.97. The van der Waals surface area contributed by atoms with Crippen molar-refractivity contribution in [3.05, 3.63) is 21.9 Å². The van der Waals surface area contributed by atoms with Crippen molar-refractivity contribution in [2.45, 2.75) is 31.5 Å². The fraction of sp³-hybridized carbons (Fsp3) is 0.500. The maximum Gasteiger partial charge on any atom is 0.100 e. The second-order valence-electron chi connectivity index (χ2n) is 3.62. The SMILES string of the molecule is N#Cc1csc(CNC2CC(O)C2)c1. The van der Waals surface area contributed by atoms with Crippen molar-refractivity contribution in [1.29, 1.82) is 5.26 Å². The summed E-state index contributed by atoms with van der Waals surface area (Å²) < 4.78 is 0. The molecule has 14 heavy (non-hydrogen) atoms. The van der Waals surface area contributed by atoms with E-state index in [4.69, 9.17) is 10.4 Å². The summed E-state index contributed by atoms with van der Waals surface area (Å²) in [5.41, 5.74) is 0.737. The molecule has 0 unspecified atom stereocenters. The molecule has 1 aliphatic rings. The number of nitriles is 1. The van der Waals surface area contributed by atoms with E-state index in [1.807, 2.05) is 11.4 Å². The Morgan fingerprint density at radius 3 is 3.00 bits per heavy atom. The van der Waals surface area contributed by atoms with Crippen LogP contribution in [0, 0.1) is 11.3 Å². The first kappa shape index (κ1) is 9.66. The highest BCUT2D eigenvalue weighted by Crippen LogP contribution is 2.21. The van der Waals surface area contributed by atoms with Crippen LogP contribution in [0.4, 0.5) is 0 Å². The van der Waals surface area contributed by atoms with E-state index >= 15 is 0 Å². The molecule has 0 atom stereocenters. The van der Waals surface area contributed by atoms with E-state index in [-0.39, 0.29) is 6.10 Å². The van der Waals surface area contributed by atoms with Crippen molar-refractivity contribution in [3.63, 3.8) is 0 Å². The lowest BCUT2D eigenvalue weighted by atomic mass is 9.89. The molecule has 4 heteroatoms. The van der Waals surface area contributed by atoms with Gasteiger partial charge in [-0.15, -0.1) is 11.3 Å². The van der Waals surface area contributed by atoms with Gasteiger partial charge in [-0.2, -0.15) is 5.26 Å². The van der Waals surface area contributed by atoms with E-state index in [2.05, 4.69) is 11.4 Å². The average molecular weight is 208 g/mol. The Labute approximate surface area is 87.0 Å². The molecule has 0 radical (unpaired) electrons. The van der Waals surface area contributed by atoms with Crippen LogP contribution in [0.1, 0.15) is 23.3 Å². The minimum atomic E-state index is -0.106. The zero-order valence-corrected chi connectivity index (χ0v) is 8.55. The molecule has 3 nitrogen and oxygen atoms in total. The van der Waals surface area contributed by atoms with E-state index in [1.54, 1.807) is 11.3 Å². The summed E-state index contributed by atoms with van der Waals surface area (Å²) in [6, 6.07) is 4.48. The highest BCUT2D eigenvalue weighted by atomic mass is 32.1. The van der Waals surface area contributed by atoms with Crippen LogP contribution in [0.25, 0.3) is 0 Å². The highest BCUT2D eigenvalue weighted by Gasteiger charge is 2.26. The zero-order valence-electron chi connectivity index (χ0n) is 7.73. The summed E-state index contributed by atoms with van der Waals surface area (Å²) in [4.78, 5) is 1.18. The van der Waals surface area contributed by atoms with Crippen molar-refractivity contribution >= 4 is 11.3 Å². The number of hydrogen-bond donors (Lipinski definition) is 2. The van der Waals surface area contributed by atoms with E-state index in [9.17, 15) is 0 Å². The standard InChI is InChI=1S/C10H12N2OS/c11-4-7-1-10(14-6-7)5-12-8-2-9(13)3-8/h1,6,8-9,12-13H,2-3,5H2. The number of hydrogen-bond acceptors (Lipinski definition) is 4. The molecule has 0 aromatic carbocycles. The van der Waals surface area contributed by atoms with Gasteiger partial charge >= 0.3 is 0 Å². The van der Waals surface area contributed by atoms with Crippen molar-refractivity contribution in [2.24, 2.45) is 0 Å². The van der Waals surface area contributed by atoms with Gasteiger partial charge in [0.25, 0.3) is 0 Å². The summed E-state index contributed by atoms with van der Waals surface area (Å²) in [6.07, 6.45) is 1.61. The van der Waals surface area contributed by atoms with Gasteiger partial charge < -0.3 is 10.4 Å². The second kappa shape index (κ2) is 4.09. The Hall–Kier alpha value is -0.890. The molecule has 1 aromatic heterocycles. The van der Waals surface area contributed by atoms with E-state index in [1.165, 1.54) is 4.88 Å². The van der Waals surface area contributed by atoms with Crippen LogP contribution in [0.15, 0.2) is 11.4 Å². The Morgan fingerprint density at radius 2 is 2.43 bits per heavy atom. The third-order valence-corrected chi connectivity index (χ3v) is 3.40. The number of aliphatic hydroxyl groups excluding tert-OH is 1. The third-order valence-electron chi connectivity index (χ3n) is 2.46. The lowest BCUT2D eigenvalue weighted by Gasteiger charge is -2.31. The van der Waals surface area contributed by atoms with Crippen LogP contribution in [0.2, 0.25) is 0 Å². The van der Waals surface area contributed by atoms with E-state index in [0.717, 1.165) is 24.9 Å². The van der Waals surface area contributed by atoms with Crippen LogP contribution in [-0.4, -0.2) is 17.3 Å². The predicted molar refractivity (Wildman–Crippen MR) is 54.9 cm³/mol. The molecule has 1 saturated carbocycles. The van der Waals surface area contributed by atoms with Crippen molar-refractivity contribution in [1.82, 2.24) is 5.32 Å². The van der Waals surface area contributed by atoms with Gasteiger partial charge in [0.1, 0.15) is 6.07 Å². The molecule has 2 N–H and O–H groups in total. The topological polar surface area (TPSA) is 56.0 Å².